The summed E-state index contributed by atoms with van der Waals surface area (Å²) in [6.45, 7) is 0.318. The van der Waals surface area contributed by atoms with Gasteiger partial charge in [-0.15, -0.1) is 0 Å². The average molecular weight is 273 g/mol. The molecule has 0 aromatic heterocycles. The molecule has 1 aliphatic carbocycles. The number of Topliss-reactive ketones (excluding diaryl/α,β-unsaturated/α-hetero) is 1. The van der Waals surface area contributed by atoms with Crippen LogP contribution in [0, 0.1) is 5.92 Å². The van der Waals surface area contributed by atoms with Crippen LogP contribution in [0.5, 0.6) is 0 Å². The van der Waals surface area contributed by atoms with Gasteiger partial charge < -0.3 is 9.64 Å². The number of hydrogen-bond donors (Lipinski definition) is 0. The number of anilines is 1. The molecule has 1 aliphatic heterocycles. The molecule has 1 atom stereocenters. The minimum absolute atomic E-state index is 0.106. The van der Waals surface area contributed by atoms with Gasteiger partial charge in [0.15, 0.2) is 5.78 Å². The first-order valence-corrected chi connectivity index (χ1v) is 6.64. The molecule has 2 aliphatic rings. The van der Waals surface area contributed by atoms with Gasteiger partial charge in [0.05, 0.1) is 13.0 Å². The first-order valence-electron chi connectivity index (χ1n) is 6.64. The molecule has 0 N–H and O–H groups in total. The lowest BCUT2D eigenvalue weighted by Crippen LogP contribution is -2.26. The van der Waals surface area contributed by atoms with Gasteiger partial charge in [-0.05, 0) is 24.1 Å². The van der Waals surface area contributed by atoms with Crippen molar-refractivity contribution in [3.8, 4) is 0 Å². The van der Waals surface area contributed by atoms with Gasteiger partial charge in [0.25, 0.3) is 0 Å². The predicted molar refractivity (Wildman–Crippen MR) is 71.6 cm³/mol. The maximum atomic E-state index is 12.0. The lowest BCUT2D eigenvalue weighted by atomic mass is 10.1. The zero-order valence-corrected chi connectivity index (χ0v) is 11.2. The second-order valence-electron chi connectivity index (χ2n) is 5.19. The number of nitrogens with zero attached hydrogens (tertiary/aromatic N) is 1. The molecular formula is C15H15NO4. The number of hydrogen-bond acceptors (Lipinski definition) is 4. The number of ether oxygens (including phenoxy) is 1. The first kappa shape index (κ1) is 12.8. The van der Waals surface area contributed by atoms with Gasteiger partial charge in [-0.3, -0.25) is 14.4 Å². The molecule has 1 aromatic carbocycles. The number of aryl methyl sites for hydroxylation is 1. The van der Waals surface area contributed by atoms with Crippen LogP contribution in [0.3, 0.4) is 0 Å². The summed E-state index contributed by atoms with van der Waals surface area (Å²) in [4.78, 5) is 36.9. The first-order chi connectivity index (χ1) is 9.60. The standard InChI is InChI=1S/C15H15NO4/c1-20-15(19)10-6-14(18)16(8-10)11-4-2-9-3-5-13(17)12(9)7-11/h2,4,7,10H,3,5-6,8H2,1H3. The number of ketones is 1. The van der Waals surface area contributed by atoms with E-state index >= 15 is 0 Å². The molecule has 20 heavy (non-hydrogen) atoms. The fourth-order valence-electron chi connectivity index (χ4n) is 2.87. The van der Waals surface area contributed by atoms with Gasteiger partial charge in [0.1, 0.15) is 0 Å². The van der Waals surface area contributed by atoms with E-state index < -0.39 is 5.92 Å². The smallest absolute Gasteiger partial charge is 0.311 e. The molecule has 1 amide bonds. The fourth-order valence-corrected chi connectivity index (χ4v) is 2.87. The quantitative estimate of drug-likeness (QED) is 0.763. The SMILES string of the molecule is COC(=O)C1CC(=O)N(c2ccc3c(c2)C(=O)CC3)C1. The summed E-state index contributed by atoms with van der Waals surface area (Å²) in [5.74, 6) is -0.765. The van der Waals surface area contributed by atoms with Crippen LogP contribution in [0.15, 0.2) is 18.2 Å². The summed E-state index contributed by atoms with van der Waals surface area (Å²) in [6, 6.07) is 5.51. The van der Waals surface area contributed by atoms with Crippen molar-refractivity contribution in [3.05, 3.63) is 29.3 Å². The summed E-state index contributed by atoms with van der Waals surface area (Å²) < 4.78 is 4.69. The van der Waals surface area contributed by atoms with E-state index in [0.29, 0.717) is 24.2 Å². The van der Waals surface area contributed by atoms with Crippen LogP contribution < -0.4 is 4.90 Å². The normalized spacial score (nSPS) is 21.2. The number of carbonyl (C=O) groups excluding carboxylic acids is 3. The third kappa shape index (κ3) is 1.99. The Morgan fingerprint density at radius 3 is 2.85 bits per heavy atom. The second kappa shape index (κ2) is 4.74. The van der Waals surface area contributed by atoms with Gasteiger partial charge >= 0.3 is 5.97 Å². The highest BCUT2D eigenvalue weighted by Gasteiger charge is 2.36. The number of esters is 1. The van der Waals surface area contributed by atoms with E-state index in [1.807, 2.05) is 12.1 Å². The van der Waals surface area contributed by atoms with Crippen LogP contribution in [0.25, 0.3) is 0 Å². The Balaban J connectivity index is 1.87. The Kier molecular flexibility index (Phi) is 3.04. The van der Waals surface area contributed by atoms with Crippen LogP contribution in [0.2, 0.25) is 0 Å². The highest BCUT2D eigenvalue weighted by molar-refractivity contribution is 6.04. The van der Waals surface area contributed by atoms with E-state index in [1.165, 1.54) is 7.11 Å². The Hall–Kier alpha value is -2.17. The molecule has 5 nitrogen and oxygen atoms in total. The van der Waals surface area contributed by atoms with Crippen molar-refractivity contribution < 1.29 is 19.1 Å². The molecule has 0 saturated carbocycles. The summed E-state index contributed by atoms with van der Waals surface area (Å²) >= 11 is 0. The second-order valence-corrected chi connectivity index (χ2v) is 5.19. The molecule has 3 rings (SSSR count). The van der Waals surface area contributed by atoms with Crippen molar-refractivity contribution in [2.75, 3.05) is 18.6 Å². The van der Waals surface area contributed by atoms with Crippen LogP contribution in [-0.4, -0.2) is 31.3 Å². The van der Waals surface area contributed by atoms with E-state index in [2.05, 4.69) is 4.74 Å². The molecule has 1 heterocycles. The zero-order valence-electron chi connectivity index (χ0n) is 11.2. The summed E-state index contributed by atoms with van der Waals surface area (Å²) in [6.07, 6.45) is 1.47. The highest BCUT2D eigenvalue weighted by Crippen LogP contribution is 2.30. The van der Waals surface area contributed by atoms with Crippen LogP contribution in [0.4, 0.5) is 5.69 Å². The van der Waals surface area contributed by atoms with Crippen molar-refractivity contribution in [2.24, 2.45) is 5.92 Å². The Morgan fingerprint density at radius 1 is 1.30 bits per heavy atom. The maximum Gasteiger partial charge on any atom is 0.311 e. The number of fused-ring (bicyclic) bond motifs is 1. The monoisotopic (exact) mass is 273 g/mol. The Morgan fingerprint density at radius 2 is 2.10 bits per heavy atom. The topological polar surface area (TPSA) is 63.7 Å². The lowest BCUT2D eigenvalue weighted by Gasteiger charge is -2.17. The van der Waals surface area contributed by atoms with Crippen molar-refractivity contribution in [1.82, 2.24) is 0 Å². The molecule has 1 unspecified atom stereocenters. The van der Waals surface area contributed by atoms with Gasteiger partial charge in [-0.2, -0.15) is 0 Å². The molecule has 1 fully saturated rings. The Labute approximate surface area is 116 Å². The number of rotatable bonds is 2. The fraction of sp³-hybridized carbons (Fsp3) is 0.400. The molecule has 1 saturated heterocycles. The minimum Gasteiger partial charge on any atom is -0.469 e. The largest absolute Gasteiger partial charge is 0.469 e. The number of methoxy groups -OCH3 is 1. The van der Waals surface area contributed by atoms with Crippen LogP contribution in [-0.2, 0) is 20.7 Å². The van der Waals surface area contributed by atoms with Crippen molar-refractivity contribution >= 4 is 23.3 Å². The van der Waals surface area contributed by atoms with Gasteiger partial charge in [-0.1, -0.05) is 6.07 Å². The molecule has 1 aromatic rings. The number of amides is 1. The van der Waals surface area contributed by atoms with Crippen molar-refractivity contribution in [2.45, 2.75) is 19.3 Å². The zero-order chi connectivity index (χ0) is 14.3. The summed E-state index contributed by atoms with van der Waals surface area (Å²) in [5.41, 5.74) is 2.43. The molecule has 0 bridgehead atoms. The van der Waals surface area contributed by atoms with Gasteiger partial charge in [0, 0.05) is 30.6 Å². The number of benzene rings is 1. The summed E-state index contributed by atoms with van der Waals surface area (Å²) in [7, 11) is 1.32. The van der Waals surface area contributed by atoms with E-state index in [-0.39, 0.29) is 24.1 Å². The van der Waals surface area contributed by atoms with Crippen molar-refractivity contribution in [1.29, 1.82) is 0 Å². The van der Waals surface area contributed by atoms with E-state index in [0.717, 1.165) is 12.0 Å². The van der Waals surface area contributed by atoms with Crippen LogP contribution in [0.1, 0.15) is 28.8 Å². The third-order valence-corrected chi connectivity index (χ3v) is 3.99. The van der Waals surface area contributed by atoms with Gasteiger partial charge in [-0.25, -0.2) is 0 Å². The Bertz CT molecular complexity index is 608. The summed E-state index contributed by atoms with van der Waals surface area (Å²) in [5, 5.41) is 0. The molecule has 0 radical (unpaired) electrons. The van der Waals surface area contributed by atoms with Crippen LogP contribution >= 0.6 is 0 Å². The highest BCUT2D eigenvalue weighted by atomic mass is 16.5. The maximum absolute atomic E-state index is 12.0. The van der Waals surface area contributed by atoms with Gasteiger partial charge in [0.2, 0.25) is 5.91 Å². The number of carbonyl (C=O) groups is 3. The lowest BCUT2D eigenvalue weighted by molar-refractivity contribution is -0.145. The predicted octanol–water partition coefficient (Wildman–Crippen LogP) is 1.34. The molecule has 104 valence electrons. The molecule has 0 spiro atoms. The third-order valence-electron chi connectivity index (χ3n) is 3.99. The van der Waals surface area contributed by atoms with Crippen molar-refractivity contribution in [3.63, 3.8) is 0 Å². The molecule has 5 heteroatoms. The van der Waals surface area contributed by atoms with E-state index in [9.17, 15) is 14.4 Å². The van der Waals surface area contributed by atoms with E-state index in [4.69, 9.17) is 0 Å². The molecular weight excluding hydrogens is 258 g/mol. The average Bonchev–Trinajstić information content (AvgIpc) is 3.02. The van der Waals surface area contributed by atoms with E-state index in [1.54, 1.807) is 11.0 Å². The minimum atomic E-state index is -0.420.